The van der Waals surface area contributed by atoms with Crippen LogP contribution >= 0.6 is 11.6 Å². The molecule has 1 aromatic heterocycles. The Labute approximate surface area is 127 Å². The Hall–Kier alpha value is -1.59. The first-order chi connectivity index (χ1) is 10.1. The van der Waals surface area contributed by atoms with Gasteiger partial charge in [0, 0.05) is 25.2 Å². The molecule has 0 saturated heterocycles. The summed E-state index contributed by atoms with van der Waals surface area (Å²) in [5.74, 6) is 1.14. The molecule has 0 unspecified atom stereocenters. The molecule has 1 aliphatic carbocycles. The average molecular weight is 310 g/mol. The summed E-state index contributed by atoms with van der Waals surface area (Å²) in [6.07, 6.45) is 3.97. The number of nitrogens with zero attached hydrogens (tertiary/aromatic N) is 2. The van der Waals surface area contributed by atoms with E-state index in [1.165, 1.54) is 25.0 Å². The van der Waals surface area contributed by atoms with Crippen molar-refractivity contribution >= 4 is 11.6 Å². The van der Waals surface area contributed by atoms with Gasteiger partial charge in [0.05, 0.1) is 6.20 Å². The molecule has 1 fully saturated rings. The first-order valence-corrected chi connectivity index (χ1v) is 7.32. The number of imidazole rings is 1. The number of hydrogen-bond acceptors (Lipinski definition) is 3. The van der Waals surface area contributed by atoms with E-state index >= 15 is 0 Å². The van der Waals surface area contributed by atoms with E-state index in [-0.39, 0.29) is 5.82 Å². The Balaban J connectivity index is 1.69. The minimum Gasteiger partial charge on any atom is -0.485 e. The van der Waals surface area contributed by atoms with Gasteiger partial charge in [-0.05, 0) is 31.0 Å². The van der Waals surface area contributed by atoms with Crippen LogP contribution in [0.2, 0.25) is 5.15 Å². The van der Waals surface area contributed by atoms with Gasteiger partial charge in [-0.25, -0.2) is 9.37 Å². The number of hydrogen-bond donors (Lipinski definition) is 1. The van der Waals surface area contributed by atoms with Gasteiger partial charge < -0.3 is 14.6 Å². The fourth-order valence-electron chi connectivity index (χ4n) is 2.07. The predicted octanol–water partition coefficient (Wildman–Crippen LogP) is 3.04. The minimum absolute atomic E-state index is 0.255. The first-order valence-electron chi connectivity index (χ1n) is 6.94. The van der Waals surface area contributed by atoms with Gasteiger partial charge in [0.25, 0.3) is 0 Å². The lowest BCUT2D eigenvalue weighted by Crippen LogP contribution is -2.16. The summed E-state index contributed by atoms with van der Waals surface area (Å²) in [6.45, 7) is 0.907. The normalized spacial score (nSPS) is 14.4. The molecule has 1 saturated carbocycles. The van der Waals surface area contributed by atoms with Crippen LogP contribution in [-0.4, -0.2) is 15.6 Å². The van der Waals surface area contributed by atoms with Crippen molar-refractivity contribution in [2.75, 3.05) is 0 Å². The lowest BCUT2D eigenvalue weighted by Gasteiger charge is -2.12. The second-order valence-electron chi connectivity index (χ2n) is 5.25. The molecule has 0 radical (unpaired) electrons. The van der Waals surface area contributed by atoms with Crippen LogP contribution in [0.3, 0.4) is 0 Å². The molecule has 0 aliphatic heterocycles. The lowest BCUT2D eigenvalue weighted by atomic mass is 10.2. The van der Waals surface area contributed by atoms with Gasteiger partial charge in [0.15, 0.2) is 0 Å². The molecular formula is C15H17ClFN3O. The van der Waals surface area contributed by atoms with Crippen molar-refractivity contribution in [3.63, 3.8) is 0 Å². The van der Waals surface area contributed by atoms with Crippen molar-refractivity contribution in [3.05, 3.63) is 46.8 Å². The Bertz CT molecular complexity index is 640. The zero-order valence-corrected chi connectivity index (χ0v) is 12.5. The van der Waals surface area contributed by atoms with Crippen LogP contribution in [0.15, 0.2) is 24.4 Å². The van der Waals surface area contributed by atoms with Crippen LogP contribution in [-0.2, 0) is 20.2 Å². The summed E-state index contributed by atoms with van der Waals surface area (Å²) >= 11 is 5.94. The van der Waals surface area contributed by atoms with Crippen molar-refractivity contribution < 1.29 is 9.13 Å². The maximum absolute atomic E-state index is 13.4. The number of nitrogens with one attached hydrogen (secondary N) is 1. The standard InChI is InChI=1S/C15H17ClFN3O/c1-20-14(16)8-19-15(20)9-21-13-5-2-11(17)6-10(13)7-18-12-3-4-12/h2,5-6,8,12,18H,3-4,7,9H2,1H3. The van der Waals surface area contributed by atoms with E-state index in [2.05, 4.69) is 10.3 Å². The highest BCUT2D eigenvalue weighted by molar-refractivity contribution is 6.29. The second kappa shape index (κ2) is 6.03. The van der Waals surface area contributed by atoms with Gasteiger partial charge >= 0.3 is 0 Å². The summed E-state index contributed by atoms with van der Waals surface area (Å²) in [7, 11) is 1.83. The predicted molar refractivity (Wildman–Crippen MR) is 78.8 cm³/mol. The fraction of sp³-hybridized carbons (Fsp3) is 0.400. The third kappa shape index (κ3) is 3.54. The van der Waals surface area contributed by atoms with E-state index in [1.807, 2.05) is 7.05 Å². The van der Waals surface area contributed by atoms with Gasteiger partial charge in [-0.2, -0.15) is 0 Å². The largest absolute Gasteiger partial charge is 0.485 e. The van der Waals surface area contributed by atoms with Crippen LogP contribution in [0.5, 0.6) is 5.75 Å². The Kier molecular flexibility index (Phi) is 4.12. The van der Waals surface area contributed by atoms with E-state index in [1.54, 1.807) is 16.8 Å². The number of halogens is 2. The highest BCUT2D eigenvalue weighted by atomic mass is 35.5. The van der Waals surface area contributed by atoms with Crippen LogP contribution in [0.1, 0.15) is 24.2 Å². The quantitative estimate of drug-likeness (QED) is 0.891. The third-order valence-electron chi connectivity index (χ3n) is 3.57. The molecular weight excluding hydrogens is 293 g/mol. The molecule has 112 valence electrons. The highest BCUT2D eigenvalue weighted by Crippen LogP contribution is 2.24. The molecule has 0 atom stereocenters. The summed E-state index contributed by atoms with van der Waals surface area (Å²) in [5, 5.41) is 3.92. The minimum atomic E-state index is -0.255. The van der Waals surface area contributed by atoms with Gasteiger partial charge in [0.1, 0.15) is 29.2 Å². The van der Waals surface area contributed by atoms with Crippen molar-refractivity contribution in [3.8, 4) is 5.75 Å². The van der Waals surface area contributed by atoms with Gasteiger partial charge in [-0.15, -0.1) is 0 Å². The summed E-state index contributed by atoms with van der Waals surface area (Å²) in [4.78, 5) is 4.18. The topological polar surface area (TPSA) is 39.1 Å². The molecule has 6 heteroatoms. The average Bonchev–Trinajstić information content (AvgIpc) is 3.24. The van der Waals surface area contributed by atoms with Gasteiger partial charge in [-0.3, -0.25) is 0 Å². The maximum atomic E-state index is 13.4. The molecule has 0 amide bonds. The van der Waals surface area contributed by atoms with Crippen LogP contribution < -0.4 is 10.1 Å². The Morgan fingerprint density at radius 3 is 2.95 bits per heavy atom. The number of benzene rings is 1. The lowest BCUT2D eigenvalue weighted by molar-refractivity contribution is 0.287. The molecule has 21 heavy (non-hydrogen) atoms. The second-order valence-corrected chi connectivity index (χ2v) is 5.64. The maximum Gasteiger partial charge on any atom is 0.147 e. The molecule has 4 nitrogen and oxygen atoms in total. The molecule has 1 heterocycles. The van der Waals surface area contributed by atoms with Crippen molar-refractivity contribution in [2.45, 2.75) is 32.0 Å². The van der Waals surface area contributed by atoms with Gasteiger partial charge in [-0.1, -0.05) is 11.6 Å². The summed E-state index contributed by atoms with van der Waals surface area (Å²) < 4.78 is 20.9. The van der Waals surface area contributed by atoms with Crippen molar-refractivity contribution in [1.82, 2.24) is 14.9 Å². The molecule has 0 spiro atoms. The summed E-state index contributed by atoms with van der Waals surface area (Å²) in [6, 6.07) is 5.14. The van der Waals surface area contributed by atoms with Crippen LogP contribution in [0.25, 0.3) is 0 Å². The van der Waals surface area contributed by atoms with E-state index < -0.39 is 0 Å². The molecule has 0 bridgehead atoms. The van der Waals surface area contributed by atoms with E-state index in [4.69, 9.17) is 16.3 Å². The molecule has 3 rings (SSSR count). The number of ether oxygens (including phenoxy) is 1. The first kappa shape index (κ1) is 14.4. The Morgan fingerprint density at radius 2 is 2.29 bits per heavy atom. The van der Waals surface area contributed by atoms with Crippen LogP contribution in [0, 0.1) is 5.82 Å². The zero-order chi connectivity index (χ0) is 14.8. The summed E-state index contributed by atoms with van der Waals surface area (Å²) in [5.41, 5.74) is 0.821. The fourth-order valence-corrected chi connectivity index (χ4v) is 2.22. The van der Waals surface area contributed by atoms with E-state index in [0.29, 0.717) is 30.1 Å². The molecule has 1 aliphatic rings. The SMILES string of the molecule is Cn1c(Cl)cnc1COc1ccc(F)cc1CNC1CC1. The van der Waals surface area contributed by atoms with E-state index in [0.717, 1.165) is 11.4 Å². The zero-order valence-electron chi connectivity index (χ0n) is 11.8. The molecule has 1 N–H and O–H groups in total. The number of aromatic nitrogens is 2. The molecule has 2 aromatic rings. The van der Waals surface area contributed by atoms with Crippen LogP contribution in [0.4, 0.5) is 4.39 Å². The monoisotopic (exact) mass is 309 g/mol. The third-order valence-corrected chi connectivity index (χ3v) is 3.92. The van der Waals surface area contributed by atoms with Crippen molar-refractivity contribution in [2.24, 2.45) is 7.05 Å². The van der Waals surface area contributed by atoms with Gasteiger partial charge in [0.2, 0.25) is 0 Å². The highest BCUT2D eigenvalue weighted by Gasteiger charge is 2.20. The molecule has 1 aromatic carbocycles. The Morgan fingerprint density at radius 1 is 1.48 bits per heavy atom. The van der Waals surface area contributed by atoms with Crippen molar-refractivity contribution in [1.29, 1.82) is 0 Å². The smallest absolute Gasteiger partial charge is 0.147 e. The van der Waals surface area contributed by atoms with E-state index in [9.17, 15) is 4.39 Å². The number of rotatable bonds is 6.